The van der Waals surface area contributed by atoms with E-state index in [9.17, 15) is 13.5 Å². The summed E-state index contributed by atoms with van der Waals surface area (Å²) in [5.41, 5.74) is -0.218. The van der Waals surface area contributed by atoms with Crippen LogP contribution in [0.3, 0.4) is 0 Å². The number of nitrogens with zero attached hydrogens (tertiary/aromatic N) is 4. The summed E-state index contributed by atoms with van der Waals surface area (Å²) in [6.45, 7) is 12.6. The molecule has 3 aromatic rings. The van der Waals surface area contributed by atoms with Gasteiger partial charge in [0.15, 0.2) is 0 Å². The molecule has 5 rings (SSSR count). The first kappa shape index (κ1) is 37.1. The molecule has 0 aliphatic carbocycles. The van der Waals surface area contributed by atoms with Gasteiger partial charge in [0.1, 0.15) is 22.7 Å². The van der Waals surface area contributed by atoms with Crippen molar-refractivity contribution in [3.63, 3.8) is 0 Å². The van der Waals surface area contributed by atoms with Gasteiger partial charge in [-0.2, -0.15) is 0 Å². The maximum absolute atomic E-state index is 15.1. The first-order valence-electron chi connectivity index (χ1n) is 16.4. The molecular formula is C36H45Cl2N5O5S. The molecule has 0 radical (unpaired) electrons. The molecule has 1 fully saturated rings. The predicted molar refractivity (Wildman–Crippen MR) is 195 cm³/mol. The minimum atomic E-state index is -3.29. The van der Waals surface area contributed by atoms with Gasteiger partial charge in [-0.1, -0.05) is 53.5 Å². The van der Waals surface area contributed by atoms with Crippen LogP contribution in [0.15, 0.2) is 71.7 Å². The lowest BCUT2D eigenvalue weighted by Crippen LogP contribution is -2.61. The second-order valence-corrected chi connectivity index (χ2v) is 16.1. The van der Waals surface area contributed by atoms with Gasteiger partial charge in [-0.05, 0) is 87.7 Å². The van der Waals surface area contributed by atoms with Crippen LogP contribution >= 0.6 is 23.2 Å². The summed E-state index contributed by atoms with van der Waals surface area (Å²) in [5.74, 6) is 0.936. The molecular weight excluding hydrogens is 685 g/mol. The highest BCUT2D eigenvalue weighted by molar-refractivity contribution is 7.88. The summed E-state index contributed by atoms with van der Waals surface area (Å²) in [6, 6.07) is 20.3. The van der Waals surface area contributed by atoms with Crippen LogP contribution in [0.5, 0.6) is 5.75 Å². The molecule has 1 saturated heterocycles. The fourth-order valence-electron chi connectivity index (χ4n) is 6.62. The van der Waals surface area contributed by atoms with Gasteiger partial charge in [0.05, 0.1) is 24.0 Å². The Labute approximate surface area is 299 Å². The zero-order chi connectivity index (χ0) is 35.8. The van der Waals surface area contributed by atoms with Crippen molar-refractivity contribution >= 4 is 45.1 Å². The van der Waals surface area contributed by atoms with Crippen molar-refractivity contribution in [2.75, 3.05) is 52.1 Å². The van der Waals surface area contributed by atoms with E-state index in [1.54, 1.807) is 18.7 Å². The number of piperazine rings is 1. The van der Waals surface area contributed by atoms with Crippen molar-refractivity contribution in [2.45, 2.75) is 51.3 Å². The van der Waals surface area contributed by atoms with E-state index in [4.69, 9.17) is 32.9 Å². The van der Waals surface area contributed by atoms with E-state index in [-0.39, 0.29) is 6.03 Å². The Morgan fingerprint density at radius 2 is 1.53 bits per heavy atom. The maximum atomic E-state index is 15.1. The van der Waals surface area contributed by atoms with Crippen LogP contribution in [0, 0.1) is 0 Å². The second-order valence-electron chi connectivity index (χ2n) is 13.4. The first-order chi connectivity index (χ1) is 23.0. The Balaban J connectivity index is 1.65. The molecule has 3 aromatic carbocycles. The number of urea groups is 1. The third-order valence-electron chi connectivity index (χ3n) is 9.60. The number of amides is 2. The lowest BCUT2D eigenvalue weighted by Gasteiger charge is -2.47. The zero-order valence-corrected chi connectivity index (χ0v) is 31.2. The molecule has 0 unspecified atom stereocenters. The van der Waals surface area contributed by atoms with E-state index >= 15 is 4.79 Å². The normalized spacial score (nSPS) is 21.9. The Morgan fingerprint density at radius 3 is 2.06 bits per heavy atom. The molecule has 0 spiro atoms. The number of amidine groups is 1. The fourth-order valence-corrected chi connectivity index (χ4v) is 7.34. The number of hydrogen-bond acceptors (Lipinski definition) is 7. The molecule has 2 aliphatic heterocycles. The van der Waals surface area contributed by atoms with Crippen LogP contribution in [0.25, 0.3) is 0 Å². The smallest absolute Gasteiger partial charge is 0.326 e. The standard InChI is InChI=1S/C36H45Cl2N5O5S/c1-7-48-31-24-27(34(2,3)45)12-17-30(31)32-40-35(4,25-8-13-28(37)14-9-25)36(5,26-10-15-29(38)16-11-26)43(32)33(44)42-22-20-41(21-23-42)19-18-39-49(6,46)47/h8-17,24,39,45H,7,18-23H2,1-6H3/t35-,36+/m0/s1. The number of benzene rings is 3. The molecule has 0 saturated carbocycles. The highest BCUT2D eigenvalue weighted by Crippen LogP contribution is 2.54. The Hall–Kier alpha value is -3.19. The van der Waals surface area contributed by atoms with Crippen LogP contribution < -0.4 is 9.46 Å². The SMILES string of the molecule is CCOc1cc(C(C)(C)O)ccc1C1=N[C@@](C)(c2ccc(Cl)cc2)[C@@](C)(c2ccc(Cl)cc2)N1C(=O)N1CCN(CCNS(C)(=O)=O)CC1. The van der Waals surface area contributed by atoms with Crippen molar-refractivity contribution in [2.24, 2.45) is 4.99 Å². The molecule has 2 amide bonds. The quantitative estimate of drug-likeness (QED) is 0.273. The van der Waals surface area contributed by atoms with Gasteiger partial charge in [0.2, 0.25) is 10.0 Å². The van der Waals surface area contributed by atoms with Crippen molar-refractivity contribution in [3.05, 3.63) is 99.0 Å². The van der Waals surface area contributed by atoms with Gasteiger partial charge in [-0.25, -0.2) is 17.9 Å². The van der Waals surface area contributed by atoms with Crippen LogP contribution in [0.2, 0.25) is 10.0 Å². The minimum absolute atomic E-state index is 0.225. The molecule has 0 bridgehead atoms. The Kier molecular flexibility index (Phi) is 10.7. The minimum Gasteiger partial charge on any atom is -0.493 e. The van der Waals surface area contributed by atoms with Gasteiger partial charge in [0.25, 0.3) is 0 Å². The monoisotopic (exact) mass is 729 g/mol. The number of halogens is 2. The Bertz CT molecular complexity index is 1810. The van der Waals surface area contributed by atoms with Crippen LogP contribution in [-0.2, 0) is 26.7 Å². The largest absolute Gasteiger partial charge is 0.493 e. The average Bonchev–Trinajstić information content (AvgIpc) is 3.28. The van der Waals surface area contributed by atoms with Gasteiger partial charge in [-0.15, -0.1) is 0 Å². The molecule has 2 atom stereocenters. The third kappa shape index (κ3) is 7.62. The van der Waals surface area contributed by atoms with E-state index in [1.165, 1.54) is 0 Å². The van der Waals surface area contributed by atoms with Gasteiger partial charge >= 0.3 is 6.03 Å². The summed E-state index contributed by atoms with van der Waals surface area (Å²) >= 11 is 12.7. The molecule has 2 heterocycles. The average molecular weight is 731 g/mol. The number of aliphatic imine (C=N–C) groups is 1. The van der Waals surface area contributed by atoms with Gasteiger partial charge < -0.3 is 14.7 Å². The van der Waals surface area contributed by atoms with Gasteiger partial charge in [-0.3, -0.25) is 14.8 Å². The Morgan fingerprint density at radius 1 is 0.959 bits per heavy atom. The first-order valence-corrected chi connectivity index (χ1v) is 19.0. The van der Waals surface area contributed by atoms with E-state index in [0.29, 0.717) is 78.6 Å². The van der Waals surface area contributed by atoms with Crippen molar-refractivity contribution in [1.29, 1.82) is 0 Å². The van der Waals surface area contributed by atoms with Crippen molar-refractivity contribution in [1.82, 2.24) is 19.4 Å². The number of rotatable bonds is 10. The summed E-state index contributed by atoms with van der Waals surface area (Å²) < 4.78 is 31.9. The van der Waals surface area contributed by atoms with Crippen molar-refractivity contribution < 1.29 is 23.1 Å². The second kappa shape index (κ2) is 14.2. The van der Waals surface area contributed by atoms with E-state index < -0.39 is 26.7 Å². The number of carbonyl (C=O) groups is 1. The lowest BCUT2D eigenvalue weighted by atomic mass is 9.71. The number of sulfonamides is 1. The van der Waals surface area contributed by atoms with E-state index in [1.807, 2.05) is 92.4 Å². The number of carbonyl (C=O) groups excluding carboxylic acids is 1. The third-order valence-corrected chi connectivity index (χ3v) is 10.8. The summed E-state index contributed by atoms with van der Waals surface area (Å²) in [7, 11) is -3.29. The summed E-state index contributed by atoms with van der Waals surface area (Å²) in [6.07, 6.45) is 1.14. The highest BCUT2D eigenvalue weighted by atomic mass is 35.5. The topological polar surface area (TPSA) is 115 Å². The summed E-state index contributed by atoms with van der Waals surface area (Å²) in [4.78, 5) is 26.3. The fraction of sp³-hybridized carbons (Fsp3) is 0.444. The number of aliphatic hydroxyl groups is 1. The van der Waals surface area contributed by atoms with Crippen LogP contribution in [0.1, 0.15) is 56.9 Å². The molecule has 13 heteroatoms. The van der Waals surface area contributed by atoms with Crippen molar-refractivity contribution in [3.8, 4) is 5.75 Å². The van der Waals surface area contributed by atoms with Crippen LogP contribution in [0.4, 0.5) is 4.79 Å². The molecule has 0 aromatic heterocycles. The zero-order valence-electron chi connectivity index (χ0n) is 28.8. The number of hydrogen-bond donors (Lipinski definition) is 2. The van der Waals surface area contributed by atoms with E-state index in [2.05, 4.69) is 9.62 Å². The lowest BCUT2D eigenvalue weighted by molar-refractivity contribution is 0.0781. The summed E-state index contributed by atoms with van der Waals surface area (Å²) in [5, 5.41) is 12.0. The molecule has 49 heavy (non-hydrogen) atoms. The van der Waals surface area contributed by atoms with Crippen LogP contribution in [-0.4, -0.2) is 92.2 Å². The maximum Gasteiger partial charge on any atom is 0.326 e. The molecule has 2 N–H and O–H groups in total. The molecule has 10 nitrogen and oxygen atoms in total. The van der Waals surface area contributed by atoms with Gasteiger partial charge in [0, 0.05) is 49.3 Å². The highest BCUT2D eigenvalue weighted by Gasteiger charge is 2.60. The number of nitrogens with one attached hydrogen (secondary N) is 1. The molecule has 264 valence electrons. The number of ether oxygens (including phenoxy) is 1. The molecule has 2 aliphatic rings. The predicted octanol–water partition coefficient (Wildman–Crippen LogP) is 5.80. The van der Waals surface area contributed by atoms with E-state index in [0.717, 1.165) is 17.4 Å².